The third-order valence-corrected chi connectivity index (χ3v) is 3.02. The number of rotatable bonds is 2. The second-order valence-electron chi connectivity index (χ2n) is 4.41. The molecule has 0 radical (unpaired) electrons. The number of aromatic nitrogens is 1. The summed E-state index contributed by atoms with van der Waals surface area (Å²) in [7, 11) is 0. The lowest BCUT2D eigenvalue weighted by molar-refractivity contribution is -0.115. The Labute approximate surface area is 113 Å². The van der Waals surface area contributed by atoms with E-state index in [0.29, 0.717) is 17.7 Å². The van der Waals surface area contributed by atoms with Gasteiger partial charge < -0.3 is 10.6 Å². The maximum Gasteiger partial charge on any atom is 0.255 e. The average molecular weight is 271 g/mol. The third-order valence-electron chi connectivity index (χ3n) is 3.02. The Bertz CT molecular complexity index is 715. The highest BCUT2D eigenvalue weighted by atomic mass is 19.1. The zero-order chi connectivity index (χ0) is 14.1. The first-order valence-electron chi connectivity index (χ1n) is 5.97. The molecule has 100 valence electrons. The largest absolute Gasteiger partial charge is 0.326 e. The van der Waals surface area contributed by atoms with E-state index in [1.807, 2.05) is 0 Å². The van der Waals surface area contributed by atoms with Gasteiger partial charge in [-0.25, -0.2) is 4.39 Å². The summed E-state index contributed by atoms with van der Waals surface area (Å²) in [4.78, 5) is 26.9. The van der Waals surface area contributed by atoms with Gasteiger partial charge in [0, 0.05) is 17.4 Å². The van der Waals surface area contributed by atoms with Crippen LogP contribution in [-0.2, 0) is 11.2 Å². The van der Waals surface area contributed by atoms with Crippen LogP contribution < -0.4 is 10.6 Å². The second kappa shape index (κ2) is 4.73. The van der Waals surface area contributed by atoms with Crippen molar-refractivity contribution >= 4 is 23.2 Å². The monoisotopic (exact) mass is 271 g/mol. The molecule has 6 heteroatoms. The van der Waals surface area contributed by atoms with Crippen LogP contribution in [0.5, 0.6) is 0 Å². The van der Waals surface area contributed by atoms with Gasteiger partial charge in [0.1, 0.15) is 0 Å². The first-order valence-corrected chi connectivity index (χ1v) is 5.97. The van der Waals surface area contributed by atoms with Crippen molar-refractivity contribution in [2.24, 2.45) is 0 Å². The van der Waals surface area contributed by atoms with E-state index in [9.17, 15) is 14.0 Å². The van der Waals surface area contributed by atoms with Crippen LogP contribution in [0.3, 0.4) is 0 Å². The molecule has 0 fully saturated rings. The van der Waals surface area contributed by atoms with Crippen molar-refractivity contribution in [2.45, 2.75) is 6.42 Å². The van der Waals surface area contributed by atoms with E-state index in [1.165, 1.54) is 12.3 Å². The van der Waals surface area contributed by atoms with Crippen LogP contribution in [0.25, 0.3) is 0 Å². The Morgan fingerprint density at radius 2 is 2.20 bits per heavy atom. The van der Waals surface area contributed by atoms with Crippen LogP contribution in [-0.4, -0.2) is 16.8 Å². The van der Waals surface area contributed by atoms with Gasteiger partial charge in [-0.05, 0) is 23.8 Å². The van der Waals surface area contributed by atoms with Gasteiger partial charge >= 0.3 is 0 Å². The number of nitrogens with zero attached hydrogens (tertiary/aromatic N) is 1. The first-order chi connectivity index (χ1) is 9.63. The molecule has 0 aliphatic carbocycles. The number of carbonyl (C=O) groups excluding carboxylic acids is 2. The zero-order valence-electron chi connectivity index (χ0n) is 10.3. The molecule has 5 nitrogen and oxygen atoms in total. The number of amides is 2. The summed E-state index contributed by atoms with van der Waals surface area (Å²) in [6.07, 6.45) is 2.73. The Balaban J connectivity index is 1.84. The zero-order valence-corrected chi connectivity index (χ0v) is 10.3. The molecule has 1 aromatic carbocycles. The molecule has 2 N–H and O–H groups in total. The van der Waals surface area contributed by atoms with E-state index >= 15 is 0 Å². The first kappa shape index (κ1) is 12.3. The van der Waals surface area contributed by atoms with Gasteiger partial charge in [0.2, 0.25) is 5.91 Å². The normalized spacial score (nSPS) is 12.8. The quantitative estimate of drug-likeness (QED) is 0.877. The Morgan fingerprint density at radius 1 is 1.35 bits per heavy atom. The smallest absolute Gasteiger partial charge is 0.255 e. The van der Waals surface area contributed by atoms with Gasteiger partial charge in [-0.1, -0.05) is 6.07 Å². The minimum Gasteiger partial charge on any atom is -0.326 e. The fourth-order valence-corrected chi connectivity index (χ4v) is 2.03. The van der Waals surface area contributed by atoms with Gasteiger partial charge in [0.05, 0.1) is 18.3 Å². The Hall–Kier alpha value is -2.76. The van der Waals surface area contributed by atoms with E-state index in [2.05, 4.69) is 15.6 Å². The van der Waals surface area contributed by atoms with E-state index in [-0.39, 0.29) is 11.6 Å². The molecular weight excluding hydrogens is 261 g/mol. The summed E-state index contributed by atoms with van der Waals surface area (Å²) in [5, 5.41) is 5.13. The van der Waals surface area contributed by atoms with Crippen LogP contribution in [0, 0.1) is 5.82 Å². The minimum absolute atomic E-state index is 0.0644. The molecule has 20 heavy (non-hydrogen) atoms. The maximum atomic E-state index is 13.4. The highest BCUT2D eigenvalue weighted by Gasteiger charge is 2.19. The van der Waals surface area contributed by atoms with Gasteiger partial charge in [0.15, 0.2) is 5.82 Å². The summed E-state index contributed by atoms with van der Waals surface area (Å²) in [5.74, 6) is -1.15. The lowest BCUT2D eigenvalue weighted by Gasteiger charge is -2.07. The van der Waals surface area contributed by atoms with Crippen LogP contribution in [0.2, 0.25) is 0 Å². The molecule has 0 spiro atoms. The van der Waals surface area contributed by atoms with Crippen molar-refractivity contribution in [1.29, 1.82) is 0 Å². The molecule has 0 unspecified atom stereocenters. The summed E-state index contributed by atoms with van der Waals surface area (Å²) >= 11 is 0. The molecule has 0 saturated heterocycles. The lowest BCUT2D eigenvalue weighted by atomic mass is 10.1. The van der Waals surface area contributed by atoms with Crippen LogP contribution >= 0.6 is 0 Å². The lowest BCUT2D eigenvalue weighted by Crippen LogP contribution is -2.13. The van der Waals surface area contributed by atoms with Crippen molar-refractivity contribution in [1.82, 2.24) is 4.98 Å². The summed E-state index contributed by atoms with van der Waals surface area (Å²) in [6, 6.07) is 6.27. The molecule has 0 bridgehead atoms. The summed E-state index contributed by atoms with van der Waals surface area (Å²) < 4.78 is 13.4. The molecule has 3 rings (SSSR count). The number of halogens is 1. The van der Waals surface area contributed by atoms with Crippen molar-refractivity contribution in [3.8, 4) is 0 Å². The predicted molar refractivity (Wildman–Crippen MR) is 70.9 cm³/mol. The molecule has 1 aliphatic rings. The molecule has 2 aromatic rings. The van der Waals surface area contributed by atoms with Gasteiger partial charge in [-0.2, -0.15) is 0 Å². The summed E-state index contributed by atoms with van der Waals surface area (Å²) in [5.41, 5.74) is 1.89. The van der Waals surface area contributed by atoms with Crippen LogP contribution in [0.4, 0.5) is 15.8 Å². The van der Waals surface area contributed by atoms with Crippen molar-refractivity contribution in [3.63, 3.8) is 0 Å². The number of carbonyl (C=O) groups is 2. The average Bonchev–Trinajstić information content (AvgIpc) is 2.80. The standard InChI is InChI=1S/C14H10FN3O2/c15-10-7-16-4-3-11(10)18-14(20)9-2-1-8-6-13(19)17-12(8)5-9/h1-5,7H,6H2,(H,17,19)(H,16,18,20). The van der Waals surface area contributed by atoms with Crippen molar-refractivity contribution < 1.29 is 14.0 Å². The number of nitrogens with one attached hydrogen (secondary N) is 2. The van der Waals surface area contributed by atoms with E-state index in [0.717, 1.165) is 11.8 Å². The number of fused-ring (bicyclic) bond motifs is 1. The van der Waals surface area contributed by atoms with E-state index < -0.39 is 11.7 Å². The van der Waals surface area contributed by atoms with E-state index in [4.69, 9.17) is 0 Å². The molecule has 0 saturated carbocycles. The van der Waals surface area contributed by atoms with Crippen LogP contribution in [0.15, 0.2) is 36.7 Å². The SMILES string of the molecule is O=C1Cc2ccc(C(=O)Nc3ccncc3F)cc2N1. The van der Waals surface area contributed by atoms with Gasteiger partial charge in [-0.15, -0.1) is 0 Å². The van der Waals surface area contributed by atoms with E-state index in [1.54, 1.807) is 18.2 Å². The predicted octanol–water partition coefficient (Wildman–Crippen LogP) is 1.97. The highest BCUT2D eigenvalue weighted by Crippen LogP contribution is 2.24. The topological polar surface area (TPSA) is 71.1 Å². The molecule has 1 aromatic heterocycles. The van der Waals surface area contributed by atoms with Crippen molar-refractivity contribution in [3.05, 3.63) is 53.6 Å². The summed E-state index contributed by atoms with van der Waals surface area (Å²) in [6.45, 7) is 0. The number of hydrogen-bond donors (Lipinski definition) is 2. The molecule has 2 amide bonds. The minimum atomic E-state index is -0.602. The molecule has 0 atom stereocenters. The number of benzene rings is 1. The number of anilines is 2. The van der Waals surface area contributed by atoms with Crippen LogP contribution in [0.1, 0.15) is 15.9 Å². The molecule has 2 heterocycles. The van der Waals surface area contributed by atoms with Crippen molar-refractivity contribution in [2.75, 3.05) is 10.6 Å². The maximum absolute atomic E-state index is 13.4. The Kier molecular flexibility index (Phi) is 2.90. The molecular formula is C14H10FN3O2. The highest BCUT2D eigenvalue weighted by molar-refractivity contribution is 6.07. The number of hydrogen-bond acceptors (Lipinski definition) is 3. The molecule has 1 aliphatic heterocycles. The van der Waals surface area contributed by atoms with Gasteiger partial charge in [0.25, 0.3) is 5.91 Å². The second-order valence-corrected chi connectivity index (χ2v) is 4.41. The third kappa shape index (κ3) is 2.23. The fourth-order valence-electron chi connectivity index (χ4n) is 2.03. The van der Waals surface area contributed by atoms with Gasteiger partial charge in [-0.3, -0.25) is 14.6 Å². The number of pyridine rings is 1. The fraction of sp³-hybridized carbons (Fsp3) is 0.0714. The Morgan fingerprint density at radius 3 is 3.00 bits per heavy atom.